The van der Waals surface area contributed by atoms with Crippen LogP contribution in [0.15, 0.2) is 18.0 Å². The van der Waals surface area contributed by atoms with Crippen LogP contribution in [0.3, 0.4) is 0 Å². The fourth-order valence-electron chi connectivity index (χ4n) is 0.119. The molecule has 0 aliphatic rings. The Labute approximate surface area is 46.1 Å². The summed E-state index contributed by atoms with van der Waals surface area (Å²) in [5, 5.41) is 10.8. The Morgan fingerprint density at radius 1 is 1.88 bits per heavy atom. The van der Waals surface area contributed by atoms with Crippen molar-refractivity contribution in [2.24, 2.45) is 5.16 Å². The molecule has 0 bridgehead atoms. The maximum absolute atomic E-state index is 9.61. The van der Waals surface area contributed by atoms with Crippen molar-refractivity contribution in [2.75, 3.05) is 0 Å². The fourth-order valence-corrected chi connectivity index (χ4v) is 0.119. The molecule has 0 spiro atoms. The average Bonchev–Trinajstić information content (AvgIpc) is 1.66. The van der Waals surface area contributed by atoms with Crippen molar-refractivity contribution in [3.05, 3.63) is 12.8 Å². The van der Waals surface area contributed by atoms with E-state index in [9.17, 15) is 4.79 Å². The Kier molecular flexibility index (Phi) is 3.22. The van der Waals surface area contributed by atoms with Crippen LogP contribution in [-0.2, 0) is 9.63 Å². The molecule has 0 unspecified atom stereocenters. The number of aliphatic carboxylic acids is 1. The van der Waals surface area contributed by atoms with Gasteiger partial charge in [0.05, 0.1) is 0 Å². The van der Waals surface area contributed by atoms with E-state index in [2.05, 4.69) is 16.6 Å². The third kappa shape index (κ3) is 4.68. The quantitative estimate of drug-likeness (QED) is 0.325. The van der Waals surface area contributed by atoms with Crippen LogP contribution in [0.2, 0.25) is 0 Å². The average molecular weight is 115 g/mol. The summed E-state index contributed by atoms with van der Waals surface area (Å²) in [5.41, 5.74) is 0. The van der Waals surface area contributed by atoms with Crippen LogP contribution in [-0.4, -0.2) is 17.3 Å². The van der Waals surface area contributed by atoms with Gasteiger partial charge >= 0.3 is 5.97 Å². The molecule has 0 aliphatic carbocycles. The number of carboxylic acid groups (broad SMARTS) is 1. The molecule has 0 amide bonds. The normalized spacial score (nSPS) is 9.00. The highest BCUT2D eigenvalue weighted by molar-refractivity contribution is 6.21. The van der Waals surface area contributed by atoms with Crippen molar-refractivity contribution in [2.45, 2.75) is 0 Å². The van der Waals surface area contributed by atoms with Gasteiger partial charge in [0.2, 0.25) is 0 Å². The molecular formula is C4H5NO3. The summed E-state index contributed by atoms with van der Waals surface area (Å²) < 4.78 is 0. The summed E-state index contributed by atoms with van der Waals surface area (Å²) >= 11 is 0. The van der Waals surface area contributed by atoms with Crippen molar-refractivity contribution in [3.63, 3.8) is 0 Å². The molecule has 0 fully saturated rings. The minimum atomic E-state index is -1.15. The molecule has 0 heterocycles. The summed E-state index contributed by atoms with van der Waals surface area (Å²) in [4.78, 5) is 13.7. The Bertz CT molecular complexity index is 118. The van der Waals surface area contributed by atoms with Gasteiger partial charge in [-0.05, 0) is 0 Å². The first-order chi connectivity index (χ1) is 3.77. The Morgan fingerprint density at radius 3 is 2.88 bits per heavy atom. The van der Waals surface area contributed by atoms with Crippen LogP contribution >= 0.6 is 0 Å². The van der Waals surface area contributed by atoms with Crippen LogP contribution in [0.25, 0.3) is 0 Å². The van der Waals surface area contributed by atoms with Gasteiger partial charge in [-0.15, -0.1) is 0 Å². The zero-order valence-electron chi connectivity index (χ0n) is 4.07. The largest absolute Gasteiger partial charge is 0.477 e. The molecule has 0 atom stereocenters. The van der Waals surface area contributed by atoms with Gasteiger partial charge in [0, 0.05) is 0 Å². The first-order valence-corrected chi connectivity index (χ1v) is 1.80. The van der Waals surface area contributed by atoms with Gasteiger partial charge in [-0.1, -0.05) is 11.7 Å². The molecule has 0 aromatic carbocycles. The molecule has 44 valence electrons. The second-order valence-corrected chi connectivity index (χ2v) is 0.845. The lowest BCUT2D eigenvalue weighted by atomic mass is 10.8. The molecule has 4 nitrogen and oxygen atoms in total. The fraction of sp³-hybridized carbons (Fsp3) is 0. The van der Waals surface area contributed by atoms with Gasteiger partial charge in [0.1, 0.15) is 6.26 Å². The van der Waals surface area contributed by atoms with Crippen molar-refractivity contribution in [1.29, 1.82) is 0 Å². The van der Waals surface area contributed by atoms with Crippen LogP contribution < -0.4 is 0 Å². The van der Waals surface area contributed by atoms with E-state index in [1.165, 1.54) is 0 Å². The van der Waals surface area contributed by atoms with Crippen LogP contribution in [0.1, 0.15) is 0 Å². The summed E-state index contributed by atoms with van der Waals surface area (Å²) in [5.74, 6) is -1.15. The number of carbonyl (C=O) groups is 1. The molecule has 0 radical (unpaired) electrons. The van der Waals surface area contributed by atoms with Crippen molar-refractivity contribution in [1.82, 2.24) is 0 Å². The van der Waals surface area contributed by atoms with Crippen molar-refractivity contribution < 1.29 is 14.7 Å². The number of hydrogen-bond donors (Lipinski definition) is 1. The van der Waals surface area contributed by atoms with E-state index in [0.29, 0.717) is 6.21 Å². The molecule has 0 saturated carbocycles. The highest BCUT2D eigenvalue weighted by Crippen LogP contribution is 1.70. The summed E-state index contributed by atoms with van der Waals surface area (Å²) in [6.07, 6.45) is 1.65. The van der Waals surface area contributed by atoms with Gasteiger partial charge in [-0.2, -0.15) is 0 Å². The highest BCUT2D eigenvalue weighted by atomic mass is 16.6. The van der Waals surface area contributed by atoms with E-state index in [0.717, 1.165) is 6.26 Å². The molecule has 0 aromatic rings. The van der Waals surface area contributed by atoms with E-state index < -0.39 is 5.97 Å². The third-order valence-corrected chi connectivity index (χ3v) is 0.299. The number of hydrogen-bond acceptors (Lipinski definition) is 3. The van der Waals surface area contributed by atoms with Crippen LogP contribution in [0.5, 0.6) is 0 Å². The molecule has 0 aliphatic heterocycles. The van der Waals surface area contributed by atoms with E-state index in [-0.39, 0.29) is 0 Å². The van der Waals surface area contributed by atoms with Crippen molar-refractivity contribution >= 4 is 12.2 Å². The maximum atomic E-state index is 9.61. The first-order valence-electron chi connectivity index (χ1n) is 1.80. The molecule has 0 aromatic heterocycles. The van der Waals surface area contributed by atoms with E-state index in [1.807, 2.05) is 0 Å². The minimum Gasteiger partial charge on any atom is -0.477 e. The number of carboxylic acids is 1. The molecule has 0 rings (SSSR count). The van der Waals surface area contributed by atoms with Gasteiger partial charge in [0.25, 0.3) is 0 Å². The Morgan fingerprint density at radius 2 is 2.50 bits per heavy atom. The van der Waals surface area contributed by atoms with Crippen molar-refractivity contribution in [3.8, 4) is 0 Å². The Balaban J connectivity index is 3.34. The van der Waals surface area contributed by atoms with Gasteiger partial charge in [-0.25, -0.2) is 4.79 Å². The standard InChI is InChI=1S/C4H5NO3/c1-2-8-5-3-4(6)7/h2-3H,1H2,(H,6,7)/b5-3+. The van der Waals surface area contributed by atoms with E-state index in [4.69, 9.17) is 5.11 Å². The maximum Gasteiger partial charge on any atom is 0.350 e. The van der Waals surface area contributed by atoms with Gasteiger partial charge < -0.3 is 9.94 Å². The smallest absolute Gasteiger partial charge is 0.350 e. The second-order valence-electron chi connectivity index (χ2n) is 0.845. The molecule has 0 saturated heterocycles. The Hall–Kier alpha value is -1.32. The van der Waals surface area contributed by atoms with Crippen LogP contribution in [0.4, 0.5) is 0 Å². The van der Waals surface area contributed by atoms with Gasteiger partial charge in [0.15, 0.2) is 6.21 Å². The van der Waals surface area contributed by atoms with E-state index >= 15 is 0 Å². The monoisotopic (exact) mass is 115 g/mol. The lowest BCUT2D eigenvalue weighted by Gasteiger charge is -1.80. The zero-order valence-corrected chi connectivity index (χ0v) is 4.07. The topological polar surface area (TPSA) is 58.9 Å². The predicted molar refractivity (Wildman–Crippen MR) is 27.4 cm³/mol. The van der Waals surface area contributed by atoms with E-state index in [1.54, 1.807) is 0 Å². The molecule has 1 N–H and O–H groups in total. The second kappa shape index (κ2) is 3.86. The zero-order chi connectivity index (χ0) is 6.41. The first kappa shape index (κ1) is 6.68. The summed E-state index contributed by atoms with van der Waals surface area (Å²) in [6.45, 7) is 3.13. The SMILES string of the molecule is C=CO/N=C/C(=O)O. The lowest BCUT2D eigenvalue weighted by molar-refractivity contribution is -0.129. The number of oxime groups is 1. The number of rotatable bonds is 3. The van der Waals surface area contributed by atoms with Gasteiger partial charge in [-0.3, -0.25) is 0 Å². The molecule has 4 heteroatoms. The lowest BCUT2D eigenvalue weighted by Crippen LogP contribution is -1.94. The summed E-state index contributed by atoms with van der Waals surface area (Å²) in [6, 6.07) is 0. The minimum absolute atomic E-state index is 0.627. The highest BCUT2D eigenvalue weighted by Gasteiger charge is 1.82. The molecule has 8 heavy (non-hydrogen) atoms. The summed E-state index contributed by atoms with van der Waals surface area (Å²) in [7, 11) is 0. The third-order valence-electron chi connectivity index (χ3n) is 0.299. The number of nitrogens with zero attached hydrogens (tertiary/aromatic N) is 1. The molecular weight excluding hydrogens is 110 g/mol. The predicted octanol–water partition coefficient (Wildman–Crippen LogP) is 0.217. The van der Waals surface area contributed by atoms with Crippen LogP contribution in [0, 0.1) is 0 Å².